The van der Waals surface area contributed by atoms with Crippen molar-refractivity contribution in [3.63, 3.8) is 0 Å². The summed E-state index contributed by atoms with van der Waals surface area (Å²) in [5.41, 5.74) is -0.410. The lowest BCUT2D eigenvalue weighted by Crippen LogP contribution is -1.99. The maximum Gasteiger partial charge on any atom is 0.183 e. The highest BCUT2D eigenvalue weighted by molar-refractivity contribution is 5.60. The van der Waals surface area contributed by atoms with Crippen molar-refractivity contribution in [1.29, 1.82) is 5.26 Å². The Morgan fingerprint density at radius 3 is 2.56 bits per heavy atom. The van der Waals surface area contributed by atoms with Crippen LogP contribution in [-0.2, 0) is 0 Å². The summed E-state index contributed by atoms with van der Waals surface area (Å²) < 4.78 is 39.7. The first-order chi connectivity index (χ1) is 8.61. The molecule has 0 saturated carbocycles. The van der Waals surface area contributed by atoms with E-state index >= 15 is 0 Å². The summed E-state index contributed by atoms with van der Waals surface area (Å²) in [7, 11) is 0. The van der Waals surface area contributed by atoms with E-state index in [2.05, 4.69) is 10.3 Å². The second-order valence-electron chi connectivity index (χ2n) is 3.42. The predicted molar refractivity (Wildman–Crippen MR) is 58.6 cm³/mol. The van der Waals surface area contributed by atoms with Gasteiger partial charge in [0, 0.05) is 6.07 Å². The zero-order chi connectivity index (χ0) is 13.1. The first-order valence-electron chi connectivity index (χ1n) is 4.87. The number of halogens is 3. The molecule has 18 heavy (non-hydrogen) atoms. The van der Waals surface area contributed by atoms with Crippen LogP contribution in [0, 0.1) is 28.8 Å². The third kappa shape index (κ3) is 2.25. The Bertz CT molecular complexity index is 635. The maximum absolute atomic E-state index is 13.5. The second kappa shape index (κ2) is 4.75. The average molecular weight is 249 g/mol. The number of hydrogen-bond donors (Lipinski definition) is 1. The highest BCUT2D eigenvalue weighted by Gasteiger charge is 2.13. The molecule has 1 heterocycles. The Hall–Kier alpha value is -2.55. The summed E-state index contributed by atoms with van der Waals surface area (Å²) in [6, 6.07) is 4.94. The minimum atomic E-state index is -1.24. The largest absolute Gasteiger partial charge is 0.352 e. The minimum absolute atomic E-state index is 0.179. The summed E-state index contributed by atoms with van der Waals surface area (Å²) >= 11 is 0. The van der Waals surface area contributed by atoms with Crippen LogP contribution >= 0.6 is 0 Å². The minimum Gasteiger partial charge on any atom is -0.352 e. The van der Waals surface area contributed by atoms with Crippen molar-refractivity contribution in [1.82, 2.24) is 4.98 Å². The van der Waals surface area contributed by atoms with Gasteiger partial charge in [0.05, 0.1) is 29.3 Å². The van der Waals surface area contributed by atoms with E-state index in [-0.39, 0.29) is 11.4 Å². The maximum atomic E-state index is 13.5. The van der Waals surface area contributed by atoms with Gasteiger partial charge in [-0.1, -0.05) is 0 Å². The number of pyridine rings is 1. The summed E-state index contributed by atoms with van der Waals surface area (Å²) in [6.07, 6.45) is 2.25. The van der Waals surface area contributed by atoms with Crippen LogP contribution < -0.4 is 5.32 Å². The van der Waals surface area contributed by atoms with Gasteiger partial charge in [-0.3, -0.25) is 4.98 Å². The smallest absolute Gasteiger partial charge is 0.183 e. The van der Waals surface area contributed by atoms with Crippen LogP contribution in [0.5, 0.6) is 0 Å². The van der Waals surface area contributed by atoms with Gasteiger partial charge >= 0.3 is 0 Å². The number of aromatic nitrogens is 1. The van der Waals surface area contributed by atoms with E-state index in [0.29, 0.717) is 0 Å². The molecular weight excluding hydrogens is 243 g/mol. The Morgan fingerprint density at radius 2 is 1.89 bits per heavy atom. The molecule has 0 aliphatic carbocycles. The fraction of sp³-hybridized carbons (Fsp3) is 0. The Morgan fingerprint density at radius 1 is 1.11 bits per heavy atom. The van der Waals surface area contributed by atoms with Gasteiger partial charge < -0.3 is 5.32 Å². The van der Waals surface area contributed by atoms with Crippen LogP contribution in [0.1, 0.15) is 5.56 Å². The van der Waals surface area contributed by atoms with Gasteiger partial charge in [0.2, 0.25) is 0 Å². The molecule has 90 valence electrons. The predicted octanol–water partition coefficient (Wildman–Crippen LogP) is 3.11. The summed E-state index contributed by atoms with van der Waals surface area (Å²) in [5, 5.41) is 11.0. The lowest BCUT2D eigenvalue weighted by atomic mass is 10.2. The first-order valence-corrected chi connectivity index (χ1v) is 4.87. The molecule has 0 atom stereocenters. The highest BCUT2D eigenvalue weighted by Crippen LogP contribution is 2.23. The molecule has 0 saturated heterocycles. The third-order valence-corrected chi connectivity index (χ3v) is 2.19. The van der Waals surface area contributed by atoms with Crippen LogP contribution in [-0.4, -0.2) is 4.98 Å². The zero-order valence-corrected chi connectivity index (χ0v) is 8.92. The number of nitrogens with one attached hydrogen (secondary N) is 1. The summed E-state index contributed by atoms with van der Waals surface area (Å²) in [4.78, 5) is 3.56. The lowest BCUT2D eigenvalue weighted by Gasteiger charge is -2.08. The van der Waals surface area contributed by atoms with E-state index < -0.39 is 23.0 Å². The third-order valence-electron chi connectivity index (χ3n) is 2.19. The van der Waals surface area contributed by atoms with Crippen LogP contribution in [0.4, 0.5) is 24.5 Å². The molecule has 2 rings (SSSR count). The molecule has 1 aromatic heterocycles. The quantitative estimate of drug-likeness (QED) is 0.889. The molecule has 1 N–H and O–H groups in total. The SMILES string of the molecule is N#Cc1ccc(Nc2cncc(F)c2)c(F)c1F. The van der Waals surface area contributed by atoms with E-state index in [1.165, 1.54) is 18.3 Å². The average Bonchev–Trinajstić information content (AvgIpc) is 2.35. The van der Waals surface area contributed by atoms with Gasteiger partial charge in [-0.05, 0) is 12.1 Å². The van der Waals surface area contributed by atoms with Crippen molar-refractivity contribution < 1.29 is 13.2 Å². The van der Waals surface area contributed by atoms with Crippen molar-refractivity contribution in [2.24, 2.45) is 0 Å². The van der Waals surface area contributed by atoms with E-state index in [0.717, 1.165) is 18.3 Å². The van der Waals surface area contributed by atoms with E-state index in [1.807, 2.05) is 0 Å². The molecule has 0 spiro atoms. The Balaban J connectivity index is 2.36. The molecule has 0 aliphatic rings. The van der Waals surface area contributed by atoms with Crippen LogP contribution in [0.2, 0.25) is 0 Å². The van der Waals surface area contributed by atoms with Crippen LogP contribution in [0.15, 0.2) is 30.6 Å². The second-order valence-corrected chi connectivity index (χ2v) is 3.42. The number of nitrogens with zero attached hydrogens (tertiary/aromatic N) is 2. The molecule has 0 unspecified atom stereocenters. The molecule has 0 aliphatic heterocycles. The lowest BCUT2D eigenvalue weighted by molar-refractivity contribution is 0.509. The normalized spacial score (nSPS) is 9.89. The summed E-state index contributed by atoms with van der Waals surface area (Å²) in [5.74, 6) is -3.04. The van der Waals surface area contributed by atoms with Crippen molar-refractivity contribution in [3.05, 3.63) is 53.6 Å². The van der Waals surface area contributed by atoms with Crippen LogP contribution in [0.3, 0.4) is 0 Å². The molecule has 3 nitrogen and oxygen atoms in total. The van der Waals surface area contributed by atoms with Crippen molar-refractivity contribution in [2.45, 2.75) is 0 Å². The summed E-state index contributed by atoms with van der Waals surface area (Å²) in [6.45, 7) is 0. The Kier molecular flexibility index (Phi) is 3.15. The fourth-order valence-corrected chi connectivity index (χ4v) is 1.37. The highest BCUT2D eigenvalue weighted by atomic mass is 19.2. The number of hydrogen-bond acceptors (Lipinski definition) is 3. The fourth-order valence-electron chi connectivity index (χ4n) is 1.37. The molecule has 0 fully saturated rings. The van der Waals surface area contributed by atoms with Gasteiger partial charge in [-0.25, -0.2) is 13.2 Å². The Labute approximate surface area is 101 Å². The number of anilines is 2. The van der Waals surface area contributed by atoms with Crippen LogP contribution in [0.25, 0.3) is 0 Å². The van der Waals surface area contributed by atoms with Gasteiger partial charge in [0.15, 0.2) is 11.6 Å². The number of nitriles is 1. The van der Waals surface area contributed by atoms with Crippen molar-refractivity contribution in [2.75, 3.05) is 5.32 Å². The van der Waals surface area contributed by atoms with Crippen molar-refractivity contribution in [3.8, 4) is 6.07 Å². The van der Waals surface area contributed by atoms with E-state index in [1.54, 1.807) is 0 Å². The molecule has 0 amide bonds. The molecule has 6 heteroatoms. The zero-order valence-electron chi connectivity index (χ0n) is 8.92. The standard InChI is InChI=1S/C12H6F3N3/c13-8-3-9(6-17-5-8)18-10-2-1-7(4-16)11(14)12(10)15/h1-3,5-6,18H. The van der Waals surface area contributed by atoms with Gasteiger partial charge in [0.25, 0.3) is 0 Å². The molecule has 0 bridgehead atoms. The molecule has 2 aromatic rings. The molecular formula is C12H6F3N3. The van der Waals surface area contributed by atoms with E-state index in [9.17, 15) is 13.2 Å². The van der Waals surface area contributed by atoms with E-state index in [4.69, 9.17) is 5.26 Å². The molecule has 1 aromatic carbocycles. The van der Waals surface area contributed by atoms with Gasteiger partial charge in [-0.15, -0.1) is 0 Å². The number of rotatable bonds is 2. The monoisotopic (exact) mass is 249 g/mol. The molecule has 0 radical (unpaired) electrons. The first kappa shape index (κ1) is 11.9. The number of benzene rings is 1. The van der Waals surface area contributed by atoms with Crippen molar-refractivity contribution >= 4 is 11.4 Å². The van der Waals surface area contributed by atoms with Gasteiger partial charge in [0.1, 0.15) is 11.9 Å². The topological polar surface area (TPSA) is 48.7 Å². The van der Waals surface area contributed by atoms with Gasteiger partial charge in [-0.2, -0.15) is 5.26 Å².